The number of halogens is 3. The number of piperazine rings is 1. The highest BCUT2D eigenvalue weighted by molar-refractivity contribution is 7.18. The Morgan fingerprint density at radius 2 is 1.78 bits per heavy atom. The van der Waals surface area contributed by atoms with Gasteiger partial charge in [-0.1, -0.05) is 0 Å². The Hall–Kier alpha value is -1.49. The molecular weight excluding hydrogens is 493 g/mol. The van der Waals surface area contributed by atoms with Gasteiger partial charge in [0.25, 0.3) is 5.56 Å². The molecule has 0 spiro atoms. The number of rotatable bonds is 4. The second-order valence-electron chi connectivity index (χ2n) is 7.81. The SMILES string of the molecule is CN1CCc2c(sc3ncn(CCN4CCN(c5cnccn5)CC4)c(=O)c23)C1.Cl.Cl.Cl. The second kappa shape index (κ2) is 11.6. The fraction of sp³-hybridized carbons (Fsp3) is 0.500. The Kier molecular flexibility index (Phi) is 9.68. The monoisotopic (exact) mass is 519 g/mol. The van der Waals surface area contributed by atoms with Crippen molar-refractivity contribution in [1.82, 2.24) is 29.3 Å². The highest BCUT2D eigenvalue weighted by Crippen LogP contribution is 2.31. The molecule has 3 aromatic rings. The Balaban J connectivity index is 0.00000121. The van der Waals surface area contributed by atoms with Crippen LogP contribution in [0.3, 0.4) is 0 Å². The summed E-state index contributed by atoms with van der Waals surface area (Å²) >= 11 is 1.68. The summed E-state index contributed by atoms with van der Waals surface area (Å²) in [5.41, 5.74) is 1.35. The molecule has 2 aliphatic heterocycles. The number of nitrogens with zero attached hydrogens (tertiary/aromatic N) is 7. The van der Waals surface area contributed by atoms with E-state index in [0.29, 0.717) is 6.54 Å². The van der Waals surface area contributed by atoms with E-state index in [1.807, 2.05) is 6.20 Å². The van der Waals surface area contributed by atoms with Crippen molar-refractivity contribution in [3.63, 3.8) is 0 Å². The summed E-state index contributed by atoms with van der Waals surface area (Å²) in [7, 11) is 2.13. The third kappa shape index (κ3) is 5.35. The van der Waals surface area contributed by atoms with Crippen molar-refractivity contribution in [2.45, 2.75) is 19.5 Å². The molecule has 0 aliphatic carbocycles. The molecule has 0 radical (unpaired) electrons. The fourth-order valence-electron chi connectivity index (χ4n) is 4.21. The molecule has 0 atom stereocenters. The van der Waals surface area contributed by atoms with Gasteiger partial charge in [-0.2, -0.15) is 0 Å². The lowest BCUT2D eigenvalue weighted by Gasteiger charge is -2.35. The van der Waals surface area contributed by atoms with Crippen molar-refractivity contribution >= 4 is 64.6 Å². The summed E-state index contributed by atoms with van der Waals surface area (Å²) in [6.45, 7) is 7.23. The zero-order valence-electron chi connectivity index (χ0n) is 17.8. The number of anilines is 1. The summed E-state index contributed by atoms with van der Waals surface area (Å²) in [5.74, 6) is 0.936. The van der Waals surface area contributed by atoms with Crippen LogP contribution in [-0.2, 0) is 19.5 Å². The van der Waals surface area contributed by atoms with E-state index in [1.165, 1.54) is 10.4 Å². The first-order valence-corrected chi connectivity index (χ1v) is 10.9. The van der Waals surface area contributed by atoms with Crippen LogP contribution in [0.25, 0.3) is 10.2 Å². The van der Waals surface area contributed by atoms with Gasteiger partial charge < -0.3 is 9.80 Å². The largest absolute Gasteiger partial charge is 0.353 e. The molecule has 0 bridgehead atoms. The molecule has 0 unspecified atom stereocenters. The van der Waals surface area contributed by atoms with Crippen LogP contribution in [0.15, 0.2) is 29.7 Å². The molecule has 5 rings (SSSR count). The van der Waals surface area contributed by atoms with Crippen LogP contribution in [0.1, 0.15) is 10.4 Å². The third-order valence-corrected chi connectivity index (χ3v) is 7.05. The van der Waals surface area contributed by atoms with Crippen LogP contribution in [-0.4, -0.2) is 75.6 Å². The maximum Gasteiger partial charge on any atom is 0.262 e. The van der Waals surface area contributed by atoms with Crippen LogP contribution < -0.4 is 10.5 Å². The number of thiophene rings is 1. The maximum atomic E-state index is 13.1. The minimum atomic E-state index is 0. The molecule has 0 N–H and O–H groups in total. The van der Waals surface area contributed by atoms with Gasteiger partial charge in [-0.25, -0.2) is 9.97 Å². The van der Waals surface area contributed by atoms with Crippen LogP contribution in [0.4, 0.5) is 5.82 Å². The van der Waals surface area contributed by atoms with E-state index in [0.717, 1.165) is 68.3 Å². The normalized spacial score (nSPS) is 16.6. The average Bonchev–Trinajstić information content (AvgIpc) is 3.12. The van der Waals surface area contributed by atoms with Gasteiger partial charge in [0, 0.05) is 69.6 Å². The van der Waals surface area contributed by atoms with Crippen molar-refractivity contribution in [2.75, 3.05) is 51.2 Å². The van der Waals surface area contributed by atoms with Gasteiger partial charge in [-0.3, -0.25) is 19.2 Å². The number of hydrogen-bond acceptors (Lipinski definition) is 8. The molecule has 0 saturated carbocycles. The molecule has 12 heteroatoms. The van der Waals surface area contributed by atoms with E-state index in [4.69, 9.17) is 0 Å². The molecule has 3 aromatic heterocycles. The molecule has 1 saturated heterocycles. The van der Waals surface area contributed by atoms with Gasteiger partial charge in [-0.15, -0.1) is 48.6 Å². The zero-order valence-corrected chi connectivity index (χ0v) is 21.1. The Morgan fingerprint density at radius 3 is 2.50 bits per heavy atom. The lowest BCUT2D eigenvalue weighted by molar-refractivity contribution is 0.246. The Bertz CT molecular complexity index is 1070. The van der Waals surface area contributed by atoms with Crippen molar-refractivity contribution < 1.29 is 0 Å². The summed E-state index contributed by atoms with van der Waals surface area (Å²) < 4.78 is 1.79. The van der Waals surface area contributed by atoms with Crippen molar-refractivity contribution in [3.8, 4) is 0 Å². The van der Waals surface area contributed by atoms with Crippen molar-refractivity contribution in [1.29, 1.82) is 0 Å². The maximum absolute atomic E-state index is 13.1. The molecule has 176 valence electrons. The highest BCUT2D eigenvalue weighted by atomic mass is 35.5. The summed E-state index contributed by atoms with van der Waals surface area (Å²) in [4.78, 5) is 35.4. The molecule has 5 heterocycles. The molecule has 2 aliphatic rings. The fourth-order valence-corrected chi connectivity index (χ4v) is 5.47. The van der Waals surface area contributed by atoms with Crippen LogP contribution in [0.5, 0.6) is 0 Å². The third-order valence-electron chi connectivity index (χ3n) is 5.92. The molecule has 32 heavy (non-hydrogen) atoms. The zero-order chi connectivity index (χ0) is 19.8. The van der Waals surface area contributed by atoms with E-state index in [9.17, 15) is 4.79 Å². The molecule has 8 nitrogen and oxygen atoms in total. The highest BCUT2D eigenvalue weighted by Gasteiger charge is 2.23. The van der Waals surface area contributed by atoms with E-state index < -0.39 is 0 Å². The standard InChI is InChI=1S/C20H25N7OS.3ClH/c1-24-5-2-15-16(13-24)29-19-18(15)20(28)27(14-23-19)11-8-25-6-9-26(10-7-25)17-12-21-3-4-22-17;;;/h3-4,12,14H,2,5-11,13H2,1H3;3*1H. The smallest absolute Gasteiger partial charge is 0.262 e. The minimum absolute atomic E-state index is 0. The average molecular weight is 521 g/mol. The molecular formula is C20H28Cl3N7OS. The van der Waals surface area contributed by atoms with Gasteiger partial charge in [0.2, 0.25) is 0 Å². The number of aromatic nitrogens is 4. The minimum Gasteiger partial charge on any atom is -0.353 e. The first-order chi connectivity index (χ1) is 14.2. The van der Waals surface area contributed by atoms with Gasteiger partial charge >= 0.3 is 0 Å². The van der Waals surface area contributed by atoms with Gasteiger partial charge in [0.05, 0.1) is 17.9 Å². The molecule has 0 amide bonds. The van der Waals surface area contributed by atoms with E-state index in [-0.39, 0.29) is 42.8 Å². The molecule has 1 fully saturated rings. The quantitative estimate of drug-likeness (QED) is 0.523. The van der Waals surface area contributed by atoms with Crippen molar-refractivity contribution in [2.24, 2.45) is 0 Å². The van der Waals surface area contributed by atoms with Gasteiger partial charge in [0.1, 0.15) is 10.6 Å². The number of fused-ring (bicyclic) bond motifs is 3. The summed E-state index contributed by atoms with van der Waals surface area (Å²) in [5, 5.41) is 0.855. The lowest BCUT2D eigenvalue weighted by Crippen LogP contribution is -2.47. The van der Waals surface area contributed by atoms with E-state index in [1.54, 1.807) is 34.6 Å². The second-order valence-corrected chi connectivity index (χ2v) is 8.89. The molecule has 0 aromatic carbocycles. The first kappa shape index (κ1) is 26.8. The lowest BCUT2D eigenvalue weighted by atomic mass is 10.1. The predicted molar refractivity (Wildman–Crippen MR) is 136 cm³/mol. The first-order valence-electron chi connectivity index (χ1n) is 10.1. The number of hydrogen-bond donors (Lipinski definition) is 0. The van der Waals surface area contributed by atoms with Crippen LogP contribution in [0, 0.1) is 0 Å². The summed E-state index contributed by atoms with van der Waals surface area (Å²) in [6.07, 6.45) is 7.92. The van der Waals surface area contributed by atoms with Crippen LogP contribution >= 0.6 is 48.6 Å². The van der Waals surface area contributed by atoms with Crippen LogP contribution in [0.2, 0.25) is 0 Å². The predicted octanol–water partition coefficient (Wildman–Crippen LogP) is 2.32. The number of likely N-dealkylation sites (N-methyl/N-ethyl adjacent to an activating group) is 1. The van der Waals surface area contributed by atoms with E-state index >= 15 is 0 Å². The Labute approximate surface area is 209 Å². The van der Waals surface area contributed by atoms with Crippen molar-refractivity contribution in [3.05, 3.63) is 45.7 Å². The van der Waals surface area contributed by atoms with Gasteiger partial charge in [-0.05, 0) is 19.0 Å². The topological polar surface area (TPSA) is 70.4 Å². The summed E-state index contributed by atoms with van der Waals surface area (Å²) in [6, 6.07) is 0. The van der Waals surface area contributed by atoms with Gasteiger partial charge in [0.15, 0.2) is 0 Å². The Morgan fingerprint density at radius 1 is 1.00 bits per heavy atom. The van der Waals surface area contributed by atoms with E-state index in [2.05, 4.69) is 36.7 Å².